The molecular formula is C28H20BrN3O2S. The van der Waals surface area contributed by atoms with Crippen LogP contribution in [0.25, 0.3) is 16.7 Å². The van der Waals surface area contributed by atoms with Crippen molar-refractivity contribution in [3.8, 4) is 11.8 Å². The van der Waals surface area contributed by atoms with Crippen molar-refractivity contribution in [2.24, 2.45) is 0 Å². The number of halogens is 1. The van der Waals surface area contributed by atoms with Gasteiger partial charge in [-0.25, -0.2) is 4.98 Å². The van der Waals surface area contributed by atoms with E-state index in [1.165, 1.54) is 0 Å². The molecule has 0 saturated carbocycles. The zero-order chi connectivity index (χ0) is 23.9. The first kappa shape index (κ1) is 22.2. The quantitative estimate of drug-likeness (QED) is 0.223. The Morgan fingerprint density at radius 3 is 2.74 bits per heavy atom. The summed E-state index contributed by atoms with van der Waals surface area (Å²) in [6, 6.07) is 26.6. The molecule has 0 N–H and O–H groups in total. The fourth-order valence-electron chi connectivity index (χ4n) is 4.47. The van der Waals surface area contributed by atoms with E-state index in [4.69, 9.17) is 14.5 Å². The maximum absolute atomic E-state index is 9.78. The largest absolute Gasteiger partial charge is 0.460 e. The van der Waals surface area contributed by atoms with Crippen molar-refractivity contribution in [3.05, 3.63) is 105 Å². The van der Waals surface area contributed by atoms with Crippen LogP contribution in [0.4, 0.5) is 0 Å². The minimum Gasteiger partial charge on any atom is -0.460 e. The number of hydrogen-bond donors (Lipinski definition) is 0. The van der Waals surface area contributed by atoms with Crippen LogP contribution < -0.4 is 4.74 Å². The lowest BCUT2D eigenvalue weighted by Crippen LogP contribution is -2.19. The van der Waals surface area contributed by atoms with Gasteiger partial charge in [-0.05, 0) is 42.8 Å². The van der Waals surface area contributed by atoms with Gasteiger partial charge in [0.15, 0.2) is 5.65 Å². The van der Waals surface area contributed by atoms with Gasteiger partial charge in [0.2, 0.25) is 6.29 Å². The van der Waals surface area contributed by atoms with Crippen molar-refractivity contribution in [1.82, 2.24) is 9.38 Å². The highest BCUT2D eigenvalue weighted by molar-refractivity contribution is 9.10. The van der Waals surface area contributed by atoms with E-state index in [2.05, 4.69) is 44.6 Å². The Balaban J connectivity index is 1.39. The molecule has 0 bridgehead atoms. The van der Waals surface area contributed by atoms with Crippen molar-refractivity contribution < 1.29 is 9.47 Å². The number of nitriles is 1. The van der Waals surface area contributed by atoms with Gasteiger partial charge in [0.05, 0.1) is 28.2 Å². The summed E-state index contributed by atoms with van der Waals surface area (Å²) in [6.45, 7) is 2.45. The minimum atomic E-state index is -0.435. The van der Waals surface area contributed by atoms with E-state index in [0.29, 0.717) is 23.6 Å². The summed E-state index contributed by atoms with van der Waals surface area (Å²) in [5, 5.41) is 10.8. The highest BCUT2D eigenvalue weighted by atomic mass is 79.9. The van der Waals surface area contributed by atoms with E-state index in [1.54, 1.807) is 11.8 Å². The fourth-order valence-corrected chi connectivity index (χ4v) is 6.11. The van der Waals surface area contributed by atoms with E-state index in [9.17, 15) is 5.26 Å². The number of aromatic nitrogens is 2. The Morgan fingerprint density at radius 2 is 1.91 bits per heavy atom. The molecule has 3 heterocycles. The predicted molar refractivity (Wildman–Crippen MR) is 140 cm³/mol. The summed E-state index contributed by atoms with van der Waals surface area (Å²) in [5.74, 6) is 1.56. The van der Waals surface area contributed by atoms with E-state index in [1.807, 2.05) is 61.5 Å². The summed E-state index contributed by atoms with van der Waals surface area (Å²) in [5.41, 5.74) is 7.20. The average molecular weight is 542 g/mol. The van der Waals surface area contributed by atoms with Crippen LogP contribution in [-0.4, -0.2) is 9.38 Å². The zero-order valence-corrected chi connectivity index (χ0v) is 21.3. The number of nitrogens with zero attached hydrogens (tertiary/aromatic N) is 3. The molecule has 0 aliphatic carbocycles. The van der Waals surface area contributed by atoms with Crippen LogP contribution in [0.15, 0.2) is 82.3 Å². The summed E-state index contributed by atoms with van der Waals surface area (Å²) < 4.78 is 15.5. The van der Waals surface area contributed by atoms with Gasteiger partial charge < -0.3 is 9.47 Å². The Kier molecular flexibility index (Phi) is 5.73. The zero-order valence-electron chi connectivity index (χ0n) is 18.9. The van der Waals surface area contributed by atoms with Gasteiger partial charge in [0.1, 0.15) is 11.8 Å². The lowest BCUT2D eigenvalue weighted by molar-refractivity contribution is -0.111. The molecule has 0 radical (unpaired) electrons. The number of benzene rings is 3. The number of thioether (sulfide) groups is 1. The number of imidazole rings is 1. The second-order valence-corrected chi connectivity index (χ2v) is 10.3. The third-order valence-electron chi connectivity index (χ3n) is 6.12. The molecule has 0 saturated heterocycles. The molecule has 1 atom stereocenters. The van der Waals surface area contributed by atoms with Gasteiger partial charge in [-0.3, -0.25) is 4.40 Å². The molecule has 2 aromatic heterocycles. The fraction of sp³-hybridized carbons (Fsp3) is 0.143. The average Bonchev–Trinajstić information content (AvgIpc) is 3.27. The standard InChI is InChI=1S/C28H20BrN3O2S/c1-17-11-25(32-24-10-6-5-9-23(24)31-27(32)22(17)14-30)35-16-20-13-21(29)12-19-15-33-28(34-26(19)20)18-7-3-2-4-8-18/h2-13,28H,15-16H2,1H3/t28-/m1/s1. The van der Waals surface area contributed by atoms with Gasteiger partial charge >= 0.3 is 0 Å². The van der Waals surface area contributed by atoms with Crippen LogP contribution in [0, 0.1) is 18.3 Å². The normalized spacial score (nSPS) is 15.1. The monoisotopic (exact) mass is 541 g/mol. The summed E-state index contributed by atoms with van der Waals surface area (Å²) in [6.07, 6.45) is -0.435. The van der Waals surface area contributed by atoms with Crippen molar-refractivity contribution in [2.75, 3.05) is 0 Å². The predicted octanol–water partition coefficient (Wildman–Crippen LogP) is 7.33. The summed E-state index contributed by atoms with van der Waals surface area (Å²) in [4.78, 5) is 4.77. The molecule has 0 unspecified atom stereocenters. The number of fused-ring (bicyclic) bond motifs is 4. The first-order valence-electron chi connectivity index (χ1n) is 11.2. The van der Waals surface area contributed by atoms with Crippen molar-refractivity contribution in [3.63, 3.8) is 0 Å². The maximum Gasteiger partial charge on any atom is 0.227 e. The third-order valence-corrected chi connectivity index (χ3v) is 7.63. The number of pyridine rings is 1. The molecule has 6 rings (SSSR count). The van der Waals surface area contributed by atoms with Gasteiger partial charge in [0, 0.05) is 26.9 Å². The molecular weight excluding hydrogens is 522 g/mol. The first-order valence-corrected chi connectivity index (χ1v) is 13.0. The third kappa shape index (κ3) is 3.98. The van der Waals surface area contributed by atoms with Crippen LogP contribution in [0.1, 0.15) is 34.1 Å². The molecule has 1 aliphatic heterocycles. The topological polar surface area (TPSA) is 59.6 Å². The van der Waals surface area contributed by atoms with Crippen LogP contribution in [-0.2, 0) is 17.1 Å². The Labute approximate surface area is 215 Å². The highest BCUT2D eigenvalue weighted by Gasteiger charge is 2.25. The van der Waals surface area contributed by atoms with E-state index in [0.717, 1.165) is 48.5 Å². The molecule has 5 aromatic rings. The van der Waals surface area contributed by atoms with E-state index < -0.39 is 6.29 Å². The Bertz CT molecular complexity index is 1630. The SMILES string of the molecule is Cc1cc(SCc2cc(Br)cc3c2O[C@H](c2ccccc2)OC3)n2c(nc3ccccc32)c1C#N. The van der Waals surface area contributed by atoms with Crippen LogP contribution >= 0.6 is 27.7 Å². The molecule has 5 nitrogen and oxygen atoms in total. The van der Waals surface area contributed by atoms with Crippen molar-refractivity contribution in [1.29, 1.82) is 5.26 Å². The minimum absolute atomic E-state index is 0.435. The maximum atomic E-state index is 9.78. The molecule has 3 aromatic carbocycles. The molecule has 7 heteroatoms. The van der Waals surface area contributed by atoms with Crippen LogP contribution in [0.3, 0.4) is 0 Å². The smallest absolute Gasteiger partial charge is 0.227 e. The second-order valence-electron chi connectivity index (χ2n) is 8.43. The van der Waals surface area contributed by atoms with Crippen molar-refractivity contribution >= 4 is 44.4 Å². The Morgan fingerprint density at radius 1 is 1.11 bits per heavy atom. The number of rotatable bonds is 4. The van der Waals surface area contributed by atoms with Gasteiger partial charge in [-0.1, -0.05) is 58.4 Å². The van der Waals surface area contributed by atoms with Gasteiger partial charge in [0.25, 0.3) is 0 Å². The molecule has 1 aliphatic rings. The second kappa shape index (κ2) is 9.04. The number of para-hydroxylation sites is 2. The number of aryl methyl sites for hydroxylation is 1. The van der Waals surface area contributed by atoms with Crippen LogP contribution in [0.2, 0.25) is 0 Å². The molecule has 0 fully saturated rings. The highest BCUT2D eigenvalue weighted by Crippen LogP contribution is 2.40. The van der Waals surface area contributed by atoms with E-state index in [-0.39, 0.29) is 0 Å². The lowest BCUT2D eigenvalue weighted by Gasteiger charge is -2.28. The van der Waals surface area contributed by atoms with Gasteiger partial charge in [-0.15, -0.1) is 11.8 Å². The summed E-state index contributed by atoms with van der Waals surface area (Å²) >= 11 is 5.36. The van der Waals surface area contributed by atoms with Crippen LogP contribution in [0.5, 0.6) is 5.75 Å². The van der Waals surface area contributed by atoms with E-state index >= 15 is 0 Å². The summed E-state index contributed by atoms with van der Waals surface area (Å²) in [7, 11) is 0. The molecule has 0 spiro atoms. The van der Waals surface area contributed by atoms with Crippen molar-refractivity contribution in [2.45, 2.75) is 30.6 Å². The molecule has 172 valence electrons. The first-order chi connectivity index (χ1) is 17.1. The Hall–Kier alpha value is -3.31. The lowest BCUT2D eigenvalue weighted by atomic mass is 10.1. The molecule has 0 amide bonds. The van der Waals surface area contributed by atoms with Gasteiger partial charge in [-0.2, -0.15) is 5.26 Å². The number of hydrogen-bond acceptors (Lipinski definition) is 5. The number of ether oxygens (including phenoxy) is 2. The molecule has 35 heavy (non-hydrogen) atoms.